The van der Waals surface area contributed by atoms with Crippen LogP contribution in [0.4, 0.5) is 5.82 Å². The van der Waals surface area contributed by atoms with Gasteiger partial charge in [0, 0.05) is 13.1 Å². The van der Waals surface area contributed by atoms with Crippen molar-refractivity contribution in [3.8, 4) is 0 Å². The number of aliphatic hydroxyl groups excluding tert-OH is 1. The van der Waals surface area contributed by atoms with Crippen molar-refractivity contribution in [2.45, 2.75) is 18.9 Å². The molecule has 0 atom stereocenters. The van der Waals surface area contributed by atoms with Gasteiger partial charge in [-0.3, -0.25) is 5.10 Å². The van der Waals surface area contributed by atoms with Crippen molar-refractivity contribution >= 4 is 16.9 Å². The SMILES string of the molecule is OC1CCN(c2ncnc3[nH]ncc23)CC1. The number of aromatic amines is 1. The Labute approximate surface area is 92.3 Å². The topological polar surface area (TPSA) is 77.9 Å². The van der Waals surface area contributed by atoms with Crippen LogP contribution in [0.25, 0.3) is 11.0 Å². The number of piperidine rings is 1. The van der Waals surface area contributed by atoms with Crippen LogP contribution in [0, 0.1) is 0 Å². The first kappa shape index (κ1) is 9.53. The van der Waals surface area contributed by atoms with Crippen molar-refractivity contribution < 1.29 is 5.11 Å². The first-order chi connectivity index (χ1) is 7.84. The van der Waals surface area contributed by atoms with Crippen molar-refractivity contribution in [2.24, 2.45) is 0 Å². The van der Waals surface area contributed by atoms with E-state index in [9.17, 15) is 5.11 Å². The second-order valence-electron chi connectivity index (χ2n) is 4.05. The average Bonchev–Trinajstić information content (AvgIpc) is 2.78. The van der Waals surface area contributed by atoms with Crippen LogP contribution in [0.2, 0.25) is 0 Å². The lowest BCUT2D eigenvalue weighted by molar-refractivity contribution is 0.145. The smallest absolute Gasteiger partial charge is 0.160 e. The van der Waals surface area contributed by atoms with E-state index < -0.39 is 0 Å². The summed E-state index contributed by atoms with van der Waals surface area (Å²) in [6.45, 7) is 1.66. The molecular formula is C10H13N5O. The zero-order chi connectivity index (χ0) is 11.0. The van der Waals surface area contributed by atoms with Gasteiger partial charge in [-0.15, -0.1) is 0 Å². The minimum atomic E-state index is -0.169. The maximum atomic E-state index is 9.47. The molecule has 0 aliphatic carbocycles. The third-order valence-electron chi connectivity index (χ3n) is 2.99. The summed E-state index contributed by atoms with van der Waals surface area (Å²) < 4.78 is 0. The molecule has 1 saturated heterocycles. The molecule has 2 aromatic rings. The van der Waals surface area contributed by atoms with E-state index >= 15 is 0 Å². The molecule has 16 heavy (non-hydrogen) atoms. The quantitative estimate of drug-likeness (QED) is 0.722. The Kier molecular flexibility index (Phi) is 2.21. The number of nitrogens with zero attached hydrogens (tertiary/aromatic N) is 4. The predicted molar refractivity (Wildman–Crippen MR) is 59.1 cm³/mol. The largest absolute Gasteiger partial charge is 0.393 e. The van der Waals surface area contributed by atoms with Gasteiger partial charge in [-0.2, -0.15) is 5.10 Å². The third-order valence-corrected chi connectivity index (χ3v) is 2.99. The minimum Gasteiger partial charge on any atom is -0.393 e. The van der Waals surface area contributed by atoms with Gasteiger partial charge in [0.1, 0.15) is 12.1 Å². The molecule has 1 aliphatic rings. The molecule has 2 N–H and O–H groups in total. The van der Waals surface area contributed by atoms with Crippen LogP contribution in [-0.4, -0.2) is 44.5 Å². The molecule has 3 rings (SSSR count). The summed E-state index contributed by atoms with van der Waals surface area (Å²) in [5.41, 5.74) is 0.760. The number of nitrogens with one attached hydrogen (secondary N) is 1. The van der Waals surface area contributed by atoms with Gasteiger partial charge in [-0.05, 0) is 12.8 Å². The fourth-order valence-corrected chi connectivity index (χ4v) is 2.08. The van der Waals surface area contributed by atoms with Crippen molar-refractivity contribution in [3.05, 3.63) is 12.5 Å². The number of aliphatic hydroxyl groups is 1. The Balaban J connectivity index is 1.96. The predicted octanol–water partition coefficient (Wildman–Crippen LogP) is 0.314. The summed E-state index contributed by atoms with van der Waals surface area (Å²) in [4.78, 5) is 10.6. The van der Waals surface area contributed by atoms with Gasteiger partial charge >= 0.3 is 0 Å². The van der Waals surface area contributed by atoms with Crippen LogP contribution in [0.15, 0.2) is 12.5 Å². The van der Waals surface area contributed by atoms with Gasteiger partial charge in [0.25, 0.3) is 0 Å². The highest BCUT2D eigenvalue weighted by Gasteiger charge is 2.20. The summed E-state index contributed by atoms with van der Waals surface area (Å²) in [5, 5.41) is 17.2. The molecule has 0 bridgehead atoms. The first-order valence-corrected chi connectivity index (χ1v) is 5.41. The van der Waals surface area contributed by atoms with Gasteiger partial charge in [0.15, 0.2) is 5.65 Å². The fraction of sp³-hybridized carbons (Fsp3) is 0.500. The third kappa shape index (κ3) is 1.51. The van der Waals surface area contributed by atoms with Crippen molar-refractivity contribution in [1.29, 1.82) is 0 Å². The van der Waals surface area contributed by atoms with Crippen molar-refractivity contribution in [3.63, 3.8) is 0 Å². The molecule has 1 aliphatic heterocycles. The number of rotatable bonds is 1. The maximum absolute atomic E-state index is 9.47. The second-order valence-corrected chi connectivity index (χ2v) is 4.05. The highest BCUT2D eigenvalue weighted by atomic mass is 16.3. The van der Waals surface area contributed by atoms with Crippen molar-refractivity contribution in [1.82, 2.24) is 20.2 Å². The van der Waals surface area contributed by atoms with E-state index in [1.165, 1.54) is 0 Å². The first-order valence-electron chi connectivity index (χ1n) is 5.41. The van der Waals surface area contributed by atoms with E-state index in [0.29, 0.717) is 0 Å². The molecule has 1 fully saturated rings. The van der Waals surface area contributed by atoms with E-state index in [1.807, 2.05) is 0 Å². The number of fused-ring (bicyclic) bond motifs is 1. The van der Waals surface area contributed by atoms with Crippen LogP contribution in [0.5, 0.6) is 0 Å². The van der Waals surface area contributed by atoms with Gasteiger partial charge in [0.2, 0.25) is 0 Å². The van der Waals surface area contributed by atoms with E-state index in [0.717, 1.165) is 42.8 Å². The fourth-order valence-electron chi connectivity index (χ4n) is 2.08. The monoisotopic (exact) mass is 219 g/mol. The Hall–Kier alpha value is -1.69. The van der Waals surface area contributed by atoms with Crippen LogP contribution >= 0.6 is 0 Å². The lowest BCUT2D eigenvalue weighted by Gasteiger charge is -2.30. The van der Waals surface area contributed by atoms with Gasteiger partial charge < -0.3 is 10.0 Å². The highest BCUT2D eigenvalue weighted by Crippen LogP contribution is 2.23. The van der Waals surface area contributed by atoms with E-state index in [2.05, 4.69) is 25.1 Å². The zero-order valence-corrected chi connectivity index (χ0v) is 8.80. The second kappa shape index (κ2) is 3.71. The molecule has 6 nitrogen and oxygen atoms in total. The molecule has 0 spiro atoms. The summed E-state index contributed by atoms with van der Waals surface area (Å²) in [5.74, 6) is 0.908. The molecule has 3 heterocycles. The molecule has 0 aromatic carbocycles. The normalized spacial score (nSPS) is 18.2. The van der Waals surface area contributed by atoms with E-state index in [-0.39, 0.29) is 6.10 Å². The Morgan fingerprint density at radius 2 is 2.12 bits per heavy atom. The molecule has 0 amide bonds. The zero-order valence-electron chi connectivity index (χ0n) is 8.80. The average molecular weight is 219 g/mol. The summed E-state index contributed by atoms with van der Waals surface area (Å²) in [6, 6.07) is 0. The van der Waals surface area contributed by atoms with Crippen molar-refractivity contribution in [2.75, 3.05) is 18.0 Å². The summed E-state index contributed by atoms with van der Waals surface area (Å²) in [7, 11) is 0. The Morgan fingerprint density at radius 1 is 1.31 bits per heavy atom. The highest BCUT2D eigenvalue weighted by molar-refractivity contribution is 5.86. The summed E-state index contributed by atoms with van der Waals surface area (Å²) in [6.07, 6.45) is 4.71. The molecule has 2 aromatic heterocycles. The molecule has 0 radical (unpaired) electrons. The van der Waals surface area contributed by atoms with E-state index in [1.54, 1.807) is 12.5 Å². The van der Waals surface area contributed by atoms with Gasteiger partial charge in [0.05, 0.1) is 17.7 Å². The molecule has 0 unspecified atom stereocenters. The standard InChI is InChI=1S/C10H13N5O/c16-7-1-3-15(4-2-7)10-8-5-13-14-9(8)11-6-12-10/h5-7,16H,1-4H2,(H,11,12,13,14). The van der Waals surface area contributed by atoms with Crippen LogP contribution in [0.3, 0.4) is 0 Å². The van der Waals surface area contributed by atoms with Gasteiger partial charge in [-0.1, -0.05) is 0 Å². The lowest BCUT2D eigenvalue weighted by atomic mass is 10.1. The number of H-pyrrole nitrogens is 1. The van der Waals surface area contributed by atoms with Gasteiger partial charge in [-0.25, -0.2) is 9.97 Å². The van der Waals surface area contributed by atoms with Crippen LogP contribution in [0.1, 0.15) is 12.8 Å². The Morgan fingerprint density at radius 3 is 2.94 bits per heavy atom. The number of hydrogen-bond acceptors (Lipinski definition) is 5. The summed E-state index contributed by atoms with van der Waals surface area (Å²) >= 11 is 0. The molecule has 0 saturated carbocycles. The molecule has 84 valence electrons. The van der Waals surface area contributed by atoms with E-state index in [4.69, 9.17) is 0 Å². The maximum Gasteiger partial charge on any atom is 0.160 e. The number of hydrogen-bond donors (Lipinski definition) is 2. The van der Waals surface area contributed by atoms with Crippen LogP contribution in [-0.2, 0) is 0 Å². The number of anilines is 1. The molecular weight excluding hydrogens is 206 g/mol. The lowest BCUT2D eigenvalue weighted by Crippen LogP contribution is -2.36. The molecule has 6 heteroatoms. The number of aromatic nitrogens is 4. The Bertz CT molecular complexity index is 489. The van der Waals surface area contributed by atoms with Crippen LogP contribution < -0.4 is 4.90 Å². The minimum absolute atomic E-state index is 0.169.